The molecule has 5 rings (SSSR count). The summed E-state index contributed by atoms with van der Waals surface area (Å²) in [5.41, 5.74) is -2.68. The third kappa shape index (κ3) is 1.76. The summed E-state index contributed by atoms with van der Waals surface area (Å²) in [6.45, 7) is 5.17. The van der Waals surface area contributed by atoms with E-state index < -0.39 is 70.7 Å². The number of allylic oxidation sites excluding steroid dienone is 1. The number of hydrogen-bond acceptors (Lipinski definition) is 8. The quantitative estimate of drug-likeness (QED) is 0.382. The second kappa shape index (κ2) is 5.23. The summed E-state index contributed by atoms with van der Waals surface area (Å²) < 4.78 is 11.5. The van der Waals surface area contributed by atoms with E-state index in [1.807, 2.05) is 6.92 Å². The van der Waals surface area contributed by atoms with Crippen LogP contribution in [-0.2, 0) is 19.1 Å². The maximum Gasteiger partial charge on any atom is 0.335 e. The minimum absolute atomic E-state index is 0.0122. The molecule has 2 heterocycles. The van der Waals surface area contributed by atoms with Crippen LogP contribution in [0.5, 0.6) is 0 Å². The number of ketones is 1. The van der Waals surface area contributed by atoms with Crippen molar-refractivity contribution in [3.8, 4) is 0 Å². The van der Waals surface area contributed by atoms with Gasteiger partial charge in [-0.3, -0.25) is 4.79 Å². The minimum atomic E-state index is -1.54. The molecule has 3 aliphatic carbocycles. The molecule has 28 heavy (non-hydrogen) atoms. The summed E-state index contributed by atoms with van der Waals surface area (Å²) in [6, 6.07) is 0. The molecule has 1 spiro atoms. The highest BCUT2D eigenvalue weighted by Gasteiger charge is 2.82. The zero-order valence-electron chi connectivity index (χ0n) is 16.0. The zero-order chi connectivity index (χ0) is 20.4. The van der Waals surface area contributed by atoms with Crippen LogP contribution in [0.4, 0.5) is 0 Å². The first-order valence-corrected chi connectivity index (χ1v) is 9.78. The molecule has 0 amide bonds. The maximum atomic E-state index is 12.5. The molecule has 2 saturated heterocycles. The number of aliphatic hydroxyl groups is 4. The molecular formula is C20H26O8. The van der Waals surface area contributed by atoms with E-state index in [4.69, 9.17) is 9.47 Å². The van der Waals surface area contributed by atoms with Gasteiger partial charge >= 0.3 is 5.97 Å². The Balaban J connectivity index is 1.80. The first kappa shape index (κ1) is 18.7. The smallest absolute Gasteiger partial charge is 0.335 e. The molecule has 2 bridgehead atoms. The second-order valence-electron chi connectivity index (χ2n) is 9.78. The van der Waals surface area contributed by atoms with Crippen LogP contribution < -0.4 is 0 Å². The van der Waals surface area contributed by atoms with Gasteiger partial charge in [0.2, 0.25) is 0 Å². The van der Waals surface area contributed by atoms with Crippen LogP contribution in [0.1, 0.15) is 27.2 Å². The van der Waals surface area contributed by atoms with Crippen LogP contribution in [0.2, 0.25) is 0 Å². The first-order chi connectivity index (χ1) is 13.0. The average Bonchev–Trinajstić information content (AvgIpc) is 2.86. The Kier molecular flexibility index (Phi) is 3.49. The van der Waals surface area contributed by atoms with E-state index in [9.17, 15) is 30.0 Å². The zero-order valence-corrected chi connectivity index (χ0v) is 16.0. The van der Waals surface area contributed by atoms with Crippen molar-refractivity contribution in [2.24, 2.45) is 28.6 Å². The summed E-state index contributed by atoms with van der Waals surface area (Å²) in [4.78, 5) is 24.9. The van der Waals surface area contributed by atoms with Crippen molar-refractivity contribution in [3.63, 3.8) is 0 Å². The predicted molar refractivity (Wildman–Crippen MR) is 92.7 cm³/mol. The van der Waals surface area contributed by atoms with Crippen LogP contribution in [0.15, 0.2) is 11.6 Å². The topological polar surface area (TPSA) is 134 Å². The Labute approximate surface area is 162 Å². The molecule has 2 saturated carbocycles. The monoisotopic (exact) mass is 394 g/mol. The summed E-state index contributed by atoms with van der Waals surface area (Å²) in [5, 5.41) is 44.3. The Morgan fingerprint density at radius 3 is 2.43 bits per heavy atom. The van der Waals surface area contributed by atoms with Gasteiger partial charge in [0.15, 0.2) is 11.9 Å². The average molecular weight is 394 g/mol. The maximum absolute atomic E-state index is 12.5. The lowest BCUT2D eigenvalue weighted by atomic mass is 9.38. The van der Waals surface area contributed by atoms with Crippen LogP contribution in [0, 0.1) is 28.6 Å². The largest absolute Gasteiger partial charge is 0.457 e. The highest BCUT2D eigenvalue weighted by molar-refractivity contribution is 5.92. The SMILES string of the molecule is CC1=CC(=O)CC2(C)C1C(O)C1OC(=O)C(O)C3C4(C)OCC13C2C(O)C4O. The van der Waals surface area contributed by atoms with Gasteiger partial charge < -0.3 is 29.9 Å². The van der Waals surface area contributed by atoms with Gasteiger partial charge in [0, 0.05) is 29.6 Å². The van der Waals surface area contributed by atoms with Crippen molar-refractivity contribution in [1.82, 2.24) is 0 Å². The van der Waals surface area contributed by atoms with Crippen molar-refractivity contribution < 1.29 is 39.5 Å². The number of carbonyl (C=O) groups excluding carboxylic acids is 2. The van der Waals surface area contributed by atoms with Crippen molar-refractivity contribution in [1.29, 1.82) is 0 Å². The number of carbonyl (C=O) groups is 2. The highest BCUT2D eigenvalue weighted by atomic mass is 16.6. The van der Waals surface area contributed by atoms with E-state index >= 15 is 0 Å². The molecule has 0 aromatic carbocycles. The second-order valence-corrected chi connectivity index (χ2v) is 9.78. The lowest BCUT2D eigenvalue weighted by Crippen LogP contribution is -2.79. The summed E-state index contributed by atoms with van der Waals surface area (Å²) in [7, 11) is 0. The fourth-order valence-corrected chi connectivity index (χ4v) is 7.80. The van der Waals surface area contributed by atoms with Crippen LogP contribution in [-0.4, -0.2) is 74.9 Å². The van der Waals surface area contributed by atoms with Crippen LogP contribution >= 0.6 is 0 Å². The molecule has 4 N–H and O–H groups in total. The number of fused-ring (bicyclic) bond motifs is 2. The van der Waals surface area contributed by atoms with E-state index in [0.29, 0.717) is 5.57 Å². The Morgan fingerprint density at radius 2 is 1.75 bits per heavy atom. The van der Waals surface area contributed by atoms with Crippen molar-refractivity contribution in [2.45, 2.75) is 63.3 Å². The number of rotatable bonds is 0. The van der Waals surface area contributed by atoms with Crippen molar-refractivity contribution >= 4 is 11.8 Å². The molecule has 154 valence electrons. The highest BCUT2D eigenvalue weighted by Crippen LogP contribution is 2.72. The normalized spacial score (nSPS) is 59.9. The summed E-state index contributed by atoms with van der Waals surface area (Å²) in [5.74, 6) is -3.06. The molecule has 0 aromatic rings. The minimum Gasteiger partial charge on any atom is -0.457 e. The molecule has 2 aliphatic heterocycles. The molecule has 8 heteroatoms. The first-order valence-electron chi connectivity index (χ1n) is 9.78. The predicted octanol–water partition coefficient (Wildman–Crippen LogP) is -1.07. The number of esters is 1. The van der Waals surface area contributed by atoms with Crippen molar-refractivity contribution in [2.75, 3.05) is 6.61 Å². The summed E-state index contributed by atoms with van der Waals surface area (Å²) in [6.07, 6.45) is -4.69. The van der Waals surface area contributed by atoms with E-state index in [1.165, 1.54) is 6.08 Å². The Hall–Kier alpha value is -1.32. The van der Waals surface area contributed by atoms with Gasteiger partial charge in [-0.25, -0.2) is 4.79 Å². The molecule has 4 fully saturated rings. The molecule has 8 nitrogen and oxygen atoms in total. The van der Waals surface area contributed by atoms with Crippen molar-refractivity contribution in [3.05, 3.63) is 11.6 Å². The molecule has 5 aliphatic rings. The number of aliphatic hydroxyl groups excluding tert-OH is 4. The van der Waals surface area contributed by atoms with Gasteiger partial charge in [-0.2, -0.15) is 0 Å². The Morgan fingerprint density at radius 1 is 1.07 bits per heavy atom. The van der Waals surface area contributed by atoms with Gasteiger partial charge in [0.25, 0.3) is 0 Å². The fraction of sp³-hybridized carbons (Fsp3) is 0.800. The van der Waals surface area contributed by atoms with E-state index in [1.54, 1.807) is 13.8 Å². The van der Waals surface area contributed by atoms with E-state index in [2.05, 4.69) is 0 Å². The third-order valence-corrected chi connectivity index (χ3v) is 8.50. The van der Waals surface area contributed by atoms with Gasteiger partial charge in [-0.15, -0.1) is 0 Å². The van der Waals surface area contributed by atoms with Gasteiger partial charge in [-0.1, -0.05) is 12.5 Å². The third-order valence-electron chi connectivity index (χ3n) is 8.50. The summed E-state index contributed by atoms with van der Waals surface area (Å²) >= 11 is 0. The molecular weight excluding hydrogens is 368 g/mol. The standard InChI is InChI=1S/C20H26O8/c1-7-4-8(21)5-18(2)9(7)10(22)16-20-6-27-19(3,15(25)11(23)13(18)20)14(20)12(24)17(26)28-16/h4,9-16,22-25H,5-6H2,1-3H3. The molecule has 11 atom stereocenters. The Bertz CT molecular complexity index is 808. The number of hydrogen-bond donors (Lipinski definition) is 4. The van der Waals surface area contributed by atoms with Crippen LogP contribution in [0.3, 0.4) is 0 Å². The molecule has 0 radical (unpaired) electrons. The fourth-order valence-electron chi connectivity index (χ4n) is 7.80. The van der Waals surface area contributed by atoms with Gasteiger partial charge in [0.05, 0.1) is 18.8 Å². The van der Waals surface area contributed by atoms with Gasteiger partial charge in [-0.05, 0) is 25.3 Å². The van der Waals surface area contributed by atoms with E-state index in [-0.39, 0.29) is 18.8 Å². The van der Waals surface area contributed by atoms with E-state index in [0.717, 1.165) is 0 Å². The van der Waals surface area contributed by atoms with Gasteiger partial charge in [0.1, 0.15) is 17.8 Å². The van der Waals surface area contributed by atoms with Crippen LogP contribution in [0.25, 0.3) is 0 Å². The lowest BCUT2D eigenvalue weighted by molar-refractivity contribution is -0.307. The lowest BCUT2D eigenvalue weighted by Gasteiger charge is -2.68. The number of ether oxygens (including phenoxy) is 2. The molecule has 0 aromatic heterocycles. The molecule has 11 unspecified atom stereocenters.